The van der Waals surface area contributed by atoms with Crippen molar-refractivity contribution in [1.82, 2.24) is 15.2 Å². The molecular weight excluding hydrogens is 288 g/mol. The number of non-ortho nitro benzene ring substituents is 1. The van der Waals surface area contributed by atoms with Crippen LogP contribution in [0, 0.1) is 10.1 Å². The van der Waals surface area contributed by atoms with Crippen molar-refractivity contribution in [2.75, 3.05) is 27.2 Å². The van der Waals surface area contributed by atoms with Crippen LogP contribution in [0.1, 0.15) is 10.4 Å². The number of nitro groups is 1. The molecule has 0 saturated carbocycles. The van der Waals surface area contributed by atoms with E-state index in [4.69, 9.17) is 0 Å². The van der Waals surface area contributed by atoms with E-state index in [1.54, 1.807) is 14.1 Å². The summed E-state index contributed by atoms with van der Waals surface area (Å²) in [4.78, 5) is 38.6. The van der Waals surface area contributed by atoms with Gasteiger partial charge in [0.2, 0.25) is 5.56 Å². The molecule has 0 saturated heterocycles. The average molecular weight is 304 g/mol. The molecule has 0 bridgehead atoms. The molecule has 2 rings (SSSR count). The molecule has 0 fully saturated rings. The van der Waals surface area contributed by atoms with Crippen LogP contribution in [0.15, 0.2) is 29.1 Å². The highest BCUT2D eigenvalue weighted by Crippen LogP contribution is 2.22. The Hall–Kier alpha value is -2.74. The summed E-state index contributed by atoms with van der Waals surface area (Å²) < 4.78 is 0. The molecule has 1 amide bonds. The van der Waals surface area contributed by atoms with Gasteiger partial charge in [-0.15, -0.1) is 0 Å². The van der Waals surface area contributed by atoms with Gasteiger partial charge in [-0.3, -0.25) is 19.7 Å². The molecule has 1 aromatic heterocycles. The van der Waals surface area contributed by atoms with Crippen LogP contribution in [0.4, 0.5) is 5.69 Å². The first kappa shape index (κ1) is 15.6. The number of H-pyrrole nitrogens is 1. The molecule has 8 nitrogen and oxygen atoms in total. The minimum Gasteiger partial charge on any atom is -0.340 e. The number of aromatic nitrogens is 1. The van der Waals surface area contributed by atoms with E-state index in [1.807, 2.05) is 0 Å². The Bertz CT molecular complexity index is 784. The minimum absolute atomic E-state index is 0.133. The number of pyridine rings is 1. The summed E-state index contributed by atoms with van der Waals surface area (Å²) in [5.74, 6) is -0.355. The van der Waals surface area contributed by atoms with Gasteiger partial charge in [-0.05, 0) is 13.1 Å². The molecule has 2 N–H and O–H groups in total. The van der Waals surface area contributed by atoms with Crippen LogP contribution in [0.2, 0.25) is 0 Å². The van der Waals surface area contributed by atoms with Gasteiger partial charge in [-0.1, -0.05) is 0 Å². The van der Waals surface area contributed by atoms with Gasteiger partial charge in [0.1, 0.15) is 0 Å². The van der Waals surface area contributed by atoms with Gasteiger partial charge in [0.15, 0.2) is 0 Å². The molecule has 0 radical (unpaired) electrons. The normalized spacial score (nSPS) is 10.6. The predicted octanol–water partition coefficient (Wildman–Crippen LogP) is 0.728. The molecule has 8 heteroatoms. The lowest BCUT2D eigenvalue weighted by Crippen LogP contribution is -2.33. The van der Waals surface area contributed by atoms with Crippen LogP contribution in [0.3, 0.4) is 0 Å². The van der Waals surface area contributed by atoms with E-state index in [-0.39, 0.29) is 17.2 Å². The van der Waals surface area contributed by atoms with Crippen LogP contribution in [-0.2, 0) is 0 Å². The van der Waals surface area contributed by atoms with Crippen molar-refractivity contribution in [2.45, 2.75) is 0 Å². The second-order valence-corrected chi connectivity index (χ2v) is 4.86. The van der Waals surface area contributed by atoms with Crippen LogP contribution < -0.4 is 10.9 Å². The molecule has 0 aliphatic heterocycles. The lowest BCUT2D eigenvalue weighted by molar-refractivity contribution is -0.384. The fraction of sp³-hybridized carbons (Fsp3) is 0.286. The summed E-state index contributed by atoms with van der Waals surface area (Å²) in [5, 5.41) is 14.2. The van der Waals surface area contributed by atoms with Gasteiger partial charge in [0.25, 0.3) is 11.6 Å². The smallest absolute Gasteiger partial charge is 0.270 e. The van der Waals surface area contributed by atoms with Crippen LogP contribution in [-0.4, -0.2) is 47.9 Å². The number of hydrogen-bond donors (Lipinski definition) is 2. The maximum absolute atomic E-state index is 12.5. The number of nitrogens with one attached hydrogen (secondary N) is 2. The lowest BCUT2D eigenvalue weighted by Gasteiger charge is -2.17. The summed E-state index contributed by atoms with van der Waals surface area (Å²) in [6.07, 6.45) is 0. The summed E-state index contributed by atoms with van der Waals surface area (Å²) in [7, 11) is 3.38. The maximum atomic E-state index is 12.5. The fourth-order valence-corrected chi connectivity index (χ4v) is 2.12. The molecule has 1 heterocycles. The van der Waals surface area contributed by atoms with E-state index >= 15 is 0 Å². The zero-order valence-electron chi connectivity index (χ0n) is 12.3. The topological polar surface area (TPSA) is 108 Å². The van der Waals surface area contributed by atoms with Gasteiger partial charge in [-0.25, -0.2) is 0 Å². The first-order chi connectivity index (χ1) is 10.4. The minimum atomic E-state index is -0.538. The number of aromatic amines is 1. The van der Waals surface area contributed by atoms with E-state index in [0.29, 0.717) is 24.0 Å². The van der Waals surface area contributed by atoms with Crippen LogP contribution in [0.5, 0.6) is 0 Å². The lowest BCUT2D eigenvalue weighted by atomic mass is 10.1. The van der Waals surface area contributed by atoms with Crippen molar-refractivity contribution in [3.05, 3.63) is 50.3 Å². The Morgan fingerprint density at radius 3 is 2.77 bits per heavy atom. The first-order valence-corrected chi connectivity index (χ1v) is 6.65. The quantitative estimate of drug-likeness (QED) is 0.625. The predicted molar refractivity (Wildman–Crippen MR) is 82.1 cm³/mol. The van der Waals surface area contributed by atoms with E-state index in [0.717, 1.165) is 0 Å². The molecule has 0 aliphatic rings. The number of benzene rings is 1. The van der Waals surface area contributed by atoms with Gasteiger partial charge < -0.3 is 15.2 Å². The Kier molecular flexibility index (Phi) is 4.52. The zero-order chi connectivity index (χ0) is 16.3. The second-order valence-electron chi connectivity index (χ2n) is 4.86. The first-order valence-electron chi connectivity index (χ1n) is 6.65. The Morgan fingerprint density at radius 2 is 2.14 bits per heavy atom. The number of hydrogen-bond acceptors (Lipinski definition) is 5. The van der Waals surface area contributed by atoms with Crippen LogP contribution in [0.25, 0.3) is 10.9 Å². The molecule has 1 aromatic carbocycles. The summed E-state index contributed by atoms with van der Waals surface area (Å²) in [5.41, 5.74) is -0.0114. The Labute approximate surface area is 125 Å². The van der Waals surface area contributed by atoms with Crippen molar-refractivity contribution in [2.24, 2.45) is 0 Å². The van der Waals surface area contributed by atoms with E-state index in [2.05, 4.69) is 10.3 Å². The SMILES string of the molecule is CNCCN(C)C(=O)c1cc(=O)[nH]c2ccc([N+](=O)[O-])cc12. The largest absolute Gasteiger partial charge is 0.340 e. The third kappa shape index (κ3) is 3.12. The van der Waals surface area contributed by atoms with E-state index in [9.17, 15) is 19.7 Å². The van der Waals surface area contributed by atoms with Gasteiger partial charge in [-0.2, -0.15) is 0 Å². The Balaban J connectivity index is 2.55. The second kappa shape index (κ2) is 6.35. The molecular formula is C14H16N4O4. The number of fused-ring (bicyclic) bond motifs is 1. The molecule has 0 spiro atoms. The van der Waals surface area contributed by atoms with E-state index in [1.165, 1.54) is 29.2 Å². The van der Waals surface area contributed by atoms with Crippen molar-refractivity contribution in [3.63, 3.8) is 0 Å². The highest BCUT2D eigenvalue weighted by atomic mass is 16.6. The zero-order valence-corrected chi connectivity index (χ0v) is 12.3. The summed E-state index contributed by atoms with van der Waals surface area (Å²) >= 11 is 0. The number of carbonyl (C=O) groups is 1. The van der Waals surface area contributed by atoms with Crippen molar-refractivity contribution >= 4 is 22.5 Å². The van der Waals surface area contributed by atoms with Crippen molar-refractivity contribution in [3.8, 4) is 0 Å². The van der Waals surface area contributed by atoms with E-state index < -0.39 is 10.5 Å². The monoisotopic (exact) mass is 304 g/mol. The number of amides is 1. The molecule has 22 heavy (non-hydrogen) atoms. The summed E-state index contributed by atoms with van der Waals surface area (Å²) in [6.45, 7) is 1.06. The molecule has 0 aliphatic carbocycles. The number of carbonyl (C=O) groups excluding carboxylic acids is 1. The molecule has 0 atom stereocenters. The third-order valence-corrected chi connectivity index (χ3v) is 3.31. The number of rotatable bonds is 5. The summed E-state index contributed by atoms with van der Waals surface area (Å²) in [6, 6.07) is 5.19. The molecule has 116 valence electrons. The van der Waals surface area contributed by atoms with Crippen molar-refractivity contribution in [1.29, 1.82) is 0 Å². The number of likely N-dealkylation sites (N-methyl/N-ethyl adjacent to an activating group) is 2. The fourth-order valence-electron chi connectivity index (χ4n) is 2.12. The van der Waals surface area contributed by atoms with Crippen LogP contribution >= 0.6 is 0 Å². The van der Waals surface area contributed by atoms with Gasteiger partial charge >= 0.3 is 0 Å². The van der Waals surface area contributed by atoms with Gasteiger partial charge in [0.05, 0.1) is 10.5 Å². The maximum Gasteiger partial charge on any atom is 0.270 e. The standard InChI is InChI=1S/C14H16N4O4/c1-15-5-6-17(2)14(20)11-8-13(19)16-12-4-3-9(18(21)22)7-10(11)12/h3-4,7-8,15H,5-6H2,1-2H3,(H,16,19). The molecule has 0 unspecified atom stereocenters. The molecule has 2 aromatic rings. The number of nitro benzene ring substituents is 1. The number of nitrogens with zero attached hydrogens (tertiary/aromatic N) is 2. The van der Waals surface area contributed by atoms with Gasteiger partial charge in [0, 0.05) is 49.2 Å². The Morgan fingerprint density at radius 1 is 1.41 bits per heavy atom. The highest BCUT2D eigenvalue weighted by Gasteiger charge is 2.18. The van der Waals surface area contributed by atoms with Crippen molar-refractivity contribution < 1.29 is 9.72 Å². The third-order valence-electron chi connectivity index (χ3n) is 3.31. The highest BCUT2D eigenvalue weighted by molar-refractivity contribution is 6.06. The average Bonchev–Trinajstić information content (AvgIpc) is 2.50.